The molecule has 2 aromatic rings. The lowest BCUT2D eigenvalue weighted by Gasteiger charge is -2.32. The second-order valence-electron chi connectivity index (χ2n) is 6.13. The molecule has 0 bridgehead atoms. The van der Waals surface area contributed by atoms with E-state index in [9.17, 15) is 18.0 Å². The Morgan fingerprint density at radius 3 is 2.86 bits per heavy atom. The van der Waals surface area contributed by atoms with Gasteiger partial charge in [0.2, 0.25) is 5.91 Å². The summed E-state index contributed by atoms with van der Waals surface area (Å²) in [7, 11) is 0. The third-order valence-electron chi connectivity index (χ3n) is 4.16. The van der Waals surface area contributed by atoms with E-state index in [0.717, 1.165) is 18.2 Å². The average Bonchev–Trinajstić information content (AvgIpc) is 2.68. The molecule has 1 fully saturated rings. The van der Waals surface area contributed by atoms with Gasteiger partial charge in [-0.05, 0) is 30.3 Å². The average molecular weight is 412 g/mol. The second-order valence-corrected chi connectivity index (χ2v) is 6.54. The van der Waals surface area contributed by atoms with Gasteiger partial charge in [0, 0.05) is 24.3 Å². The molecule has 1 aliphatic rings. The van der Waals surface area contributed by atoms with Gasteiger partial charge in [0.05, 0.1) is 18.2 Å². The van der Waals surface area contributed by atoms with Crippen molar-refractivity contribution < 1.29 is 27.4 Å². The molecule has 1 aliphatic heterocycles. The van der Waals surface area contributed by atoms with Crippen LogP contribution in [0.15, 0.2) is 42.5 Å². The molecule has 8 heteroatoms. The minimum Gasteiger partial charge on any atom is -0.488 e. The molecule has 0 aromatic heterocycles. The highest BCUT2D eigenvalue weighted by Gasteiger charge is 2.24. The predicted molar refractivity (Wildman–Crippen MR) is 98.6 cm³/mol. The number of rotatable bonds is 5. The highest BCUT2D eigenvalue weighted by Crippen LogP contribution is 2.21. The van der Waals surface area contributed by atoms with E-state index in [1.807, 2.05) is 0 Å². The molecule has 1 unspecified atom stereocenters. The van der Waals surface area contributed by atoms with Crippen LogP contribution < -0.4 is 4.74 Å². The lowest BCUT2D eigenvalue weighted by atomic mass is 10.2. The minimum absolute atomic E-state index is 0.0486. The Balaban J connectivity index is 1.59. The Labute approximate surface area is 165 Å². The SMILES string of the molecule is O=C(/C=C/c1c(F)cccc1Cl)N1CCOC(COc2cc(F)ccc2F)C1. The topological polar surface area (TPSA) is 38.8 Å². The molecule has 148 valence electrons. The Bertz CT molecular complexity index is 871. The van der Waals surface area contributed by atoms with Crippen molar-refractivity contribution in [1.29, 1.82) is 0 Å². The molecule has 2 aromatic carbocycles. The molecule has 28 heavy (non-hydrogen) atoms. The maximum Gasteiger partial charge on any atom is 0.246 e. The number of carbonyl (C=O) groups excluding carboxylic acids is 1. The van der Waals surface area contributed by atoms with Crippen LogP contribution in [-0.4, -0.2) is 43.2 Å². The van der Waals surface area contributed by atoms with E-state index in [4.69, 9.17) is 21.1 Å². The predicted octanol–water partition coefficient (Wildman–Crippen LogP) is 4.08. The molecule has 1 heterocycles. The molecule has 1 saturated heterocycles. The van der Waals surface area contributed by atoms with Gasteiger partial charge in [0.25, 0.3) is 0 Å². The van der Waals surface area contributed by atoms with Crippen molar-refractivity contribution in [3.63, 3.8) is 0 Å². The summed E-state index contributed by atoms with van der Waals surface area (Å²) in [5, 5.41) is 0.203. The van der Waals surface area contributed by atoms with Crippen LogP contribution in [0, 0.1) is 17.5 Å². The first kappa shape index (κ1) is 20.2. The third-order valence-corrected chi connectivity index (χ3v) is 4.49. The van der Waals surface area contributed by atoms with Gasteiger partial charge < -0.3 is 14.4 Å². The molecule has 0 radical (unpaired) electrons. The lowest BCUT2D eigenvalue weighted by Crippen LogP contribution is -2.47. The highest BCUT2D eigenvalue weighted by molar-refractivity contribution is 6.32. The van der Waals surface area contributed by atoms with Gasteiger partial charge in [-0.25, -0.2) is 13.2 Å². The molecule has 0 aliphatic carbocycles. The maximum atomic E-state index is 13.8. The summed E-state index contributed by atoms with van der Waals surface area (Å²) in [6, 6.07) is 7.17. The summed E-state index contributed by atoms with van der Waals surface area (Å²) in [4.78, 5) is 13.9. The summed E-state index contributed by atoms with van der Waals surface area (Å²) < 4.78 is 51.4. The summed E-state index contributed by atoms with van der Waals surface area (Å²) in [5.74, 6) is -2.39. The quantitative estimate of drug-likeness (QED) is 0.696. The van der Waals surface area contributed by atoms with Gasteiger partial charge >= 0.3 is 0 Å². The van der Waals surface area contributed by atoms with Gasteiger partial charge in [0.15, 0.2) is 11.6 Å². The fourth-order valence-electron chi connectivity index (χ4n) is 2.72. The summed E-state index contributed by atoms with van der Waals surface area (Å²) in [6.45, 7) is 0.761. The van der Waals surface area contributed by atoms with Gasteiger partial charge in [-0.2, -0.15) is 0 Å². The van der Waals surface area contributed by atoms with Crippen molar-refractivity contribution in [3.8, 4) is 5.75 Å². The second kappa shape index (κ2) is 9.12. The smallest absolute Gasteiger partial charge is 0.246 e. The summed E-state index contributed by atoms with van der Waals surface area (Å²) in [6.07, 6.45) is 2.05. The molecule has 0 N–H and O–H groups in total. The van der Waals surface area contributed by atoms with Crippen LogP contribution >= 0.6 is 11.6 Å². The number of amides is 1. The molecule has 0 saturated carbocycles. The molecule has 4 nitrogen and oxygen atoms in total. The van der Waals surface area contributed by atoms with Crippen molar-refractivity contribution in [3.05, 3.63) is 70.5 Å². The lowest BCUT2D eigenvalue weighted by molar-refractivity contribution is -0.134. The number of carbonyl (C=O) groups is 1. The number of morpholine rings is 1. The van der Waals surface area contributed by atoms with E-state index in [2.05, 4.69) is 0 Å². The number of hydrogen-bond donors (Lipinski definition) is 0. The van der Waals surface area contributed by atoms with Crippen molar-refractivity contribution in [1.82, 2.24) is 4.90 Å². The Kier molecular flexibility index (Phi) is 6.59. The standard InChI is InChI=1S/C20H17ClF3NO3/c21-16-2-1-3-17(23)15(16)5-7-20(26)25-8-9-27-14(11-25)12-28-19-10-13(22)4-6-18(19)24/h1-7,10,14H,8-9,11-12H2/b7-5+. The minimum atomic E-state index is -0.685. The fraction of sp³-hybridized carbons (Fsp3) is 0.250. The van der Waals surface area contributed by atoms with Gasteiger partial charge in [-0.1, -0.05) is 17.7 Å². The molecule has 1 amide bonds. The largest absolute Gasteiger partial charge is 0.488 e. The highest BCUT2D eigenvalue weighted by atomic mass is 35.5. The van der Waals surface area contributed by atoms with Crippen molar-refractivity contribution in [2.75, 3.05) is 26.3 Å². The van der Waals surface area contributed by atoms with Gasteiger partial charge in [-0.3, -0.25) is 4.79 Å². The molecular weight excluding hydrogens is 395 g/mol. The number of halogens is 4. The van der Waals surface area contributed by atoms with Crippen molar-refractivity contribution >= 4 is 23.6 Å². The molecule has 1 atom stereocenters. The van der Waals surface area contributed by atoms with Crippen LogP contribution in [-0.2, 0) is 9.53 Å². The van der Waals surface area contributed by atoms with E-state index in [1.165, 1.54) is 35.3 Å². The zero-order valence-electron chi connectivity index (χ0n) is 14.7. The van der Waals surface area contributed by atoms with Gasteiger partial charge in [0.1, 0.15) is 24.3 Å². The zero-order chi connectivity index (χ0) is 20.1. The normalized spacial score (nSPS) is 17.1. The molecular formula is C20H17ClF3NO3. The summed E-state index contributed by atoms with van der Waals surface area (Å²) in [5.41, 5.74) is 0.132. The first-order valence-corrected chi connectivity index (χ1v) is 8.92. The number of nitrogens with zero attached hydrogens (tertiary/aromatic N) is 1. The van der Waals surface area contributed by atoms with E-state index in [0.29, 0.717) is 6.54 Å². The van der Waals surface area contributed by atoms with E-state index in [-0.39, 0.29) is 42.0 Å². The van der Waals surface area contributed by atoms with E-state index < -0.39 is 23.6 Å². The third kappa shape index (κ3) is 5.05. The number of ether oxygens (including phenoxy) is 2. The maximum absolute atomic E-state index is 13.8. The van der Waals surface area contributed by atoms with Crippen LogP contribution in [0.1, 0.15) is 5.56 Å². The van der Waals surface area contributed by atoms with Crippen molar-refractivity contribution in [2.24, 2.45) is 0 Å². The van der Waals surface area contributed by atoms with Crippen LogP contribution in [0.25, 0.3) is 6.08 Å². The fourth-order valence-corrected chi connectivity index (χ4v) is 2.95. The van der Waals surface area contributed by atoms with Crippen LogP contribution in [0.5, 0.6) is 5.75 Å². The number of hydrogen-bond acceptors (Lipinski definition) is 3. The Hall–Kier alpha value is -2.51. The number of benzene rings is 2. The van der Waals surface area contributed by atoms with Crippen LogP contribution in [0.4, 0.5) is 13.2 Å². The zero-order valence-corrected chi connectivity index (χ0v) is 15.5. The Morgan fingerprint density at radius 1 is 1.25 bits per heavy atom. The Morgan fingerprint density at radius 2 is 2.07 bits per heavy atom. The molecule has 0 spiro atoms. The van der Waals surface area contributed by atoms with Gasteiger partial charge in [-0.15, -0.1) is 0 Å². The first-order valence-electron chi connectivity index (χ1n) is 8.54. The first-order chi connectivity index (χ1) is 13.4. The monoisotopic (exact) mass is 411 g/mol. The molecule has 3 rings (SSSR count). The van der Waals surface area contributed by atoms with Crippen molar-refractivity contribution in [2.45, 2.75) is 6.10 Å². The van der Waals surface area contributed by atoms with E-state index >= 15 is 0 Å². The van der Waals surface area contributed by atoms with Crippen LogP contribution in [0.2, 0.25) is 5.02 Å². The summed E-state index contributed by atoms with van der Waals surface area (Å²) >= 11 is 5.94. The van der Waals surface area contributed by atoms with Crippen LogP contribution in [0.3, 0.4) is 0 Å². The van der Waals surface area contributed by atoms with E-state index in [1.54, 1.807) is 0 Å².